The number of likely N-dealkylation sites (tertiary alicyclic amines) is 1. The van der Waals surface area contributed by atoms with Crippen LogP contribution >= 0.6 is 0 Å². The van der Waals surface area contributed by atoms with Crippen LogP contribution in [0.1, 0.15) is 15.9 Å². The number of hydrogen-bond donors (Lipinski definition) is 1. The average molecular weight is 284 g/mol. The van der Waals surface area contributed by atoms with Crippen LogP contribution in [-0.2, 0) is 14.8 Å². The fourth-order valence-electron chi connectivity index (χ4n) is 1.98. The number of aryl methyl sites for hydroxylation is 1. The summed E-state index contributed by atoms with van der Waals surface area (Å²) in [4.78, 5) is 13.7. The average Bonchev–Trinajstić information content (AvgIpc) is 2.25. The Balaban J connectivity index is 2.34. The minimum absolute atomic E-state index is 0.0201. The Kier molecular flexibility index (Phi) is 3.62. The molecular formula is C12H16N2O4S. The van der Waals surface area contributed by atoms with Gasteiger partial charge in [-0.05, 0) is 19.1 Å². The SMILES string of the molecule is COC1CN(C(=O)c2cc(C)ccc2S(N)(=O)=O)C1. The van der Waals surface area contributed by atoms with E-state index >= 15 is 0 Å². The van der Waals surface area contributed by atoms with Crippen molar-refractivity contribution in [2.45, 2.75) is 17.9 Å². The standard InChI is InChI=1S/C12H16N2O4S/c1-8-3-4-11(19(13,16)17)10(5-8)12(15)14-6-9(7-14)18-2/h3-5,9H,6-7H2,1-2H3,(H2,13,16,17). The first kappa shape index (κ1) is 14.0. The van der Waals surface area contributed by atoms with Crippen molar-refractivity contribution in [3.8, 4) is 0 Å². The molecule has 1 amide bonds. The molecule has 0 radical (unpaired) electrons. The van der Waals surface area contributed by atoms with Gasteiger partial charge in [0.15, 0.2) is 0 Å². The smallest absolute Gasteiger partial charge is 0.255 e. The minimum Gasteiger partial charge on any atom is -0.378 e. The topological polar surface area (TPSA) is 89.7 Å². The zero-order valence-electron chi connectivity index (χ0n) is 10.8. The van der Waals surface area contributed by atoms with Crippen molar-refractivity contribution in [1.29, 1.82) is 0 Å². The quantitative estimate of drug-likeness (QED) is 0.853. The third-order valence-electron chi connectivity index (χ3n) is 3.14. The van der Waals surface area contributed by atoms with Crippen LogP contribution in [0.5, 0.6) is 0 Å². The molecule has 7 heteroatoms. The summed E-state index contributed by atoms with van der Waals surface area (Å²) in [5.74, 6) is -0.332. The maximum atomic E-state index is 12.3. The van der Waals surface area contributed by atoms with Crippen LogP contribution in [0.4, 0.5) is 0 Å². The van der Waals surface area contributed by atoms with Gasteiger partial charge in [-0.15, -0.1) is 0 Å². The molecule has 1 saturated heterocycles. The number of carbonyl (C=O) groups is 1. The molecule has 2 N–H and O–H groups in total. The third kappa shape index (κ3) is 2.78. The minimum atomic E-state index is -3.91. The van der Waals surface area contributed by atoms with Gasteiger partial charge < -0.3 is 9.64 Å². The van der Waals surface area contributed by atoms with Gasteiger partial charge in [-0.2, -0.15) is 0 Å². The lowest BCUT2D eigenvalue weighted by Crippen LogP contribution is -2.54. The van der Waals surface area contributed by atoms with Gasteiger partial charge in [0.25, 0.3) is 5.91 Å². The molecule has 0 atom stereocenters. The molecule has 104 valence electrons. The summed E-state index contributed by atoms with van der Waals surface area (Å²) >= 11 is 0. The van der Waals surface area contributed by atoms with E-state index < -0.39 is 10.0 Å². The van der Waals surface area contributed by atoms with E-state index in [1.165, 1.54) is 11.0 Å². The third-order valence-corrected chi connectivity index (χ3v) is 4.11. The van der Waals surface area contributed by atoms with Gasteiger partial charge >= 0.3 is 0 Å². The first-order valence-electron chi connectivity index (χ1n) is 5.78. The van der Waals surface area contributed by atoms with Crippen molar-refractivity contribution in [2.24, 2.45) is 5.14 Å². The highest BCUT2D eigenvalue weighted by Crippen LogP contribution is 2.21. The first-order valence-corrected chi connectivity index (χ1v) is 7.33. The summed E-state index contributed by atoms with van der Waals surface area (Å²) in [6.45, 7) is 2.72. The highest BCUT2D eigenvalue weighted by Gasteiger charge is 2.33. The molecule has 1 aromatic rings. The van der Waals surface area contributed by atoms with E-state index in [0.29, 0.717) is 13.1 Å². The first-order chi connectivity index (χ1) is 8.82. The summed E-state index contributed by atoms with van der Waals surface area (Å²) < 4.78 is 28.1. The van der Waals surface area contributed by atoms with E-state index in [-0.39, 0.29) is 22.5 Å². The molecule has 0 aliphatic carbocycles. The number of methoxy groups -OCH3 is 1. The molecule has 0 aromatic heterocycles. The maximum Gasteiger partial charge on any atom is 0.255 e. The van der Waals surface area contributed by atoms with Gasteiger partial charge in [0.1, 0.15) is 0 Å². The molecule has 1 aliphatic rings. The van der Waals surface area contributed by atoms with Crippen molar-refractivity contribution < 1.29 is 17.9 Å². The fourth-order valence-corrected chi connectivity index (χ4v) is 2.69. The molecule has 0 bridgehead atoms. The maximum absolute atomic E-state index is 12.3. The number of sulfonamides is 1. The number of benzene rings is 1. The largest absolute Gasteiger partial charge is 0.378 e. The highest BCUT2D eigenvalue weighted by atomic mass is 32.2. The van der Waals surface area contributed by atoms with Crippen molar-refractivity contribution in [2.75, 3.05) is 20.2 Å². The number of rotatable bonds is 3. The number of nitrogens with zero attached hydrogens (tertiary/aromatic N) is 1. The summed E-state index contributed by atoms with van der Waals surface area (Å²) in [7, 11) is -2.33. The van der Waals surface area contributed by atoms with Crippen molar-refractivity contribution in [1.82, 2.24) is 4.90 Å². The highest BCUT2D eigenvalue weighted by molar-refractivity contribution is 7.89. The number of hydrogen-bond acceptors (Lipinski definition) is 4. The summed E-state index contributed by atoms with van der Waals surface area (Å²) in [6, 6.07) is 4.53. The van der Waals surface area contributed by atoms with E-state index in [9.17, 15) is 13.2 Å². The van der Waals surface area contributed by atoms with Crippen molar-refractivity contribution in [3.05, 3.63) is 29.3 Å². The molecule has 1 aliphatic heterocycles. The molecule has 1 aromatic carbocycles. The Morgan fingerprint density at radius 2 is 2.05 bits per heavy atom. The number of primary sulfonamides is 1. The summed E-state index contributed by atoms with van der Waals surface area (Å²) in [6.07, 6.45) is 0.0201. The molecule has 2 rings (SSSR count). The number of nitrogens with two attached hydrogens (primary N) is 1. The van der Waals surface area contributed by atoms with Crippen molar-refractivity contribution in [3.63, 3.8) is 0 Å². The van der Waals surface area contributed by atoms with Crippen LogP contribution in [-0.4, -0.2) is 45.5 Å². The Labute approximate surface area is 112 Å². The zero-order chi connectivity index (χ0) is 14.2. The molecule has 19 heavy (non-hydrogen) atoms. The van der Waals surface area contributed by atoms with E-state index in [1.54, 1.807) is 26.2 Å². The zero-order valence-corrected chi connectivity index (χ0v) is 11.6. The van der Waals surface area contributed by atoms with Gasteiger partial charge in [-0.25, -0.2) is 13.6 Å². The molecule has 1 heterocycles. The number of ether oxygens (including phenoxy) is 1. The van der Waals surface area contributed by atoms with Gasteiger partial charge in [0, 0.05) is 20.2 Å². The van der Waals surface area contributed by atoms with Crippen LogP contribution in [0.2, 0.25) is 0 Å². The van der Waals surface area contributed by atoms with Crippen molar-refractivity contribution >= 4 is 15.9 Å². The van der Waals surface area contributed by atoms with E-state index in [1.807, 2.05) is 0 Å². The van der Waals surface area contributed by atoms with Crippen LogP contribution in [0, 0.1) is 6.92 Å². The fraction of sp³-hybridized carbons (Fsp3) is 0.417. The summed E-state index contributed by atoms with van der Waals surface area (Å²) in [5.41, 5.74) is 0.927. The number of carbonyl (C=O) groups excluding carboxylic acids is 1. The van der Waals surface area contributed by atoms with Gasteiger partial charge in [0.2, 0.25) is 10.0 Å². The Morgan fingerprint density at radius 1 is 1.42 bits per heavy atom. The lowest BCUT2D eigenvalue weighted by atomic mass is 10.1. The van der Waals surface area contributed by atoms with Crippen LogP contribution in [0.25, 0.3) is 0 Å². The van der Waals surface area contributed by atoms with Gasteiger partial charge in [0.05, 0.1) is 16.6 Å². The molecule has 1 fully saturated rings. The Morgan fingerprint density at radius 3 is 2.58 bits per heavy atom. The normalized spacial score (nSPS) is 16.3. The Hall–Kier alpha value is -1.44. The monoisotopic (exact) mass is 284 g/mol. The van der Waals surface area contributed by atoms with Gasteiger partial charge in [-0.3, -0.25) is 4.79 Å². The van der Waals surface area contributed by atoms with Crippen LogP contribution < -0.4 is 5.14 Å². The molecule has 0 saturated carbocycles. The van der Waals surface area contributed by atoms with E-state index in [0.717, 1.165) is 5.56 Å². The predicted molar refractivity (Wildman–Crippen MR) is 69.3 cm³/mol. The second-order valence-electron chi connectivity index (χ2n) is 4.61. The Bertz CT molecular complexity index is 606. The van der Waals surface area contributed by atoms with Crippen LogP contribution in [0.15, 0.2) is 23.1 Å². The second kappa shape index (κ2) is 4.92. The van der Waals surface area contributed by atoms with E-state index in [2.05, 4.69) is 0 Å². The molecule has 0 unspecified atom stereocenters. The lowest BCUT2D eigenvalue weighted by molar-refractivity contribution is -0.0193. The number of amides is 1. The lowest BCUT2D eigenvalue weighted by Gasteiger charge is -2.38. The predicted octanol–water partition coefficient (Wildman–Crippen LogP) is 0.113. The van der Waals surface area contributed by atoms with Gasteiger partial charge in [-0.1, -0.05) is 11.6 Å². The molecular weight excluding hydrogens is 268 g/mol. The molecule has 0 spiro atoms. The second-order valence-corrected chi connectivity index (χ2v) is 6.14. The molecule has 6 nitrogen and oxygen atoms in total. The van der Waals surface area contributed by atoms with Crippen LogP contribution in [0.3, 0.4) is 0 Å². The summed E-state index contributed by atoms with van der Waals surface area (Å²) in [5, 5.41) is 5.14. The van der Waals surface area contributed by atoms with E-state index in [4.69, 9.17) is 9.88 Å².